The zero-order valence-corrected chi connectivity index (χ0v) is 26.1. The van der Waals surface area contributed by atoms with Crippen LogP contribution in [-0.2, 0) is 38.7 Å². The number of esters is 2. The lowest BCUT2D eigenvalue weighted by atomic mass is 10.00. The number of hydrogen-bond acceptors (Lipinski definition) is 12. The quantitative estimate of drug-likeness (QED) is 0.0809. The van der Waals surface area contributed by atoms with E-state index in [-0.39, 0.29) is 19.4 Å². The molecule has 0 aliphatic carbocycles. The number of carbonyl (C=O) groups excluding carboxylic acids is 2. The van der Waals surface area contributed by atoms with Crippen molar-refractivity contribution in [2.45, 2.75) is 153 Å². The van der Waals surface area contributed by atoms with E-state index >= 15 is 0 Å². The minimum atomic E-state index is -4.83. The fourth-order valence-electron chi connectivity index (χ4n) is 4.67. The van der Waals surface area contributed by atoms with E-state index in [9.17, 15) is 37.9 Å². The molecule has 0 aromatic rings. The SMILES string of the molecule is CCCCCCCCCC(=O)OC[C@@H](CO[C@H]1O[C@H](CS(=O)(=O)[O-])[C@@H](O)[C@H](O)[C@H]1O)OC(=O)CCCCCCCCC. The van der Waals surface area contributed by atoms with Crippen molar-refractivity contribution in [1.29, 1.82) is 0 Å². The number of ether oxygens (including phenoxy) is 4. The van der Waals surface area contributed by atoms with Crippen molar-refractivity contribution in [2.75, 3.05) is 19.0 Å². The van der Waals surface area contributed by atoms with E-state index in [1.165, 1.54) is 19.3 Å². The smallest absolute Gasteiger partial charge is 0.306 e. The Kier molecular flexibility index (Phi) is 20.4. The van der Waals surface area contributed by atoms with Gasteiger partial charge in [0.1, 0.15) is 31.0 Å². The first-order chi connectivity index (χ1) is 20.0. The monoisotopic (exact) mass is 625 g/mol. The van der Waals surface area contributed by atoms with Crippen molar-refractivity contribution in [1.82, 2.24) is 0 Å². The van der Waals surface area contributed by atoms with Crippen molar-refractivity contribution in [3.8, 4) is 0 Å². The summed E-state index contributed by atoms with van der Waals surface area (Å²) in [6.45, 7) is 3.56. The highest BCUT2D eigenvalue weighted by Crippen LogP contribution is 2.23. The van der Waals surface area contributed by atoms with Gasteiger partial charge in [-0.2, -0.15) is 0 Å². The summed E-state index contributed by atoms with van der Waals surface area (Å²) >= 11 is 0. The Balaban J connectivity index is 2.64. The van der Waals surface area contributed by atoms with Gasteiger partial charge in [0.15, 0.2) is 12.4 Å². The molecular formula is C29H53O12S-. The summed E-state index contributed by atoms with van der Waals surface area (Å²) in [6.07, 6.45) is 4.96. The molecule has 6 atom stereocenters. The summed E-state index contributed by atoms with van der Waals surface area (Å²) in [5, 5.41) is 30.4. The molecule has 3 N–H and O–H groups in total. The van der Waals surface area contributed by atoms with Crippen LogP contribution < -0.4 is 0 Å². The third kappa shape index (κ3) is 17.7. The molecule has 42 heavy (non-hydrogen) atoms. The topological polar surface area (TPSA) is 189 Å². The number of unbranched alkanes of at least 4 members (excludes halogenated alkanes) is 12. The zero-order chi connectivity index (χ0) is 31.4. The van der Waals surface area contributed by atoms with Gasteiger partial charge < -0.3 is 38.8 Å². The number of aliphatic hydroxyl groups is 3. The van der Waals surface area contributed by atoms with E-state index in [1.807, 2.05) is 0 Å². The molecule has 1 rings (SSSR count). The highest BCUT2D eigenvalue weighted by atomic mass is 32.2. The maximum Gasteiger partial charge on any atom is 0.306 e. The number of hydrogen-bond donors (Lipinski definition) is 3. The number of aliphatic hydroxyl groups excluding tert-OH is 3. The maximum atomic E-state index is 12.5. The fraction of sp³-hybridized carbons (Fsp3) is 0.931. The average Bonchev–Trinajstić information content (AvgIpc) is 2.93. The molecule has 0 unspecified atom stereocenters. The Morgan fingerprint density at radius 2 is 1.24 bits per heavy atom. The van der Waals surface area contributed by atoms with Gasteiger partial charge in [-0.05, 0) is 12.8 Å². The van der Waals surface area contributed by atoms with Gasteiger partial charge >= 0.3 is 11.9 Å². The second-order valence-corrected chi connectivity index (χ2v) is 12.6. The van der Waals surface area contributed by atoms with Crippen LogP contribution in [0.2, 0.25) is 0 Å². The lowest BCUT2D eigenvalue weighted by Gasteiger charge is -2.40. The van der Waals surface area contributed by atoms with Gasteiger partial charge in [0.05, 0.1) is 22.5 Å². The lowest BCUT2D eigenvalue weighted by molar-refractivity contribution is -0.297. The number of rotatable bonds is 24. The molecule has 0 aromatic carbocycles. The molecule has 1 aliphatic rings. The van der Waals surface area contributed by atoms with Crippen molar-refractivity contribution in [2.24, 2.45) is 0 Å². The first-order valence-corrected chi connectivity index (χ1v) is 17.2. The standard InChI is InChI=1S/C29H54O12S/c1-3-5-7-9-11-13-15-17-24(30)38-19-22(40-25(31)18-16-14-12-10-8-6-4-2)20-39-29-28(34)27(33)26(32)23(41-29)21-42(35,36)37/h22-23,26-29,32-34H,3-21H2,1-2H3,(H,35,36,37)/p-1/t22-,23+,26+,27-,28+,29-/m0/s1. The zero-order valence-electron chi connectivity index (χ0n) is 25.3. The molecule has 0 saturated carbocycles. The molecule has 13 heteroatoms. The minimum absolute atomic E-state index is 0.160. The summed E-state index contributed by atoms with van der Waals surface area (Å²) in [6, 6.07) is 0. The molecule has 1 fully saturated rings. The summed E-state index contributed by atoms with van der Waals surface area (Å²) < 4.78 is 55.0. The Morgan fingerprint density at radius 1 is 0.738 bits per heavy atom. The molecule has 0 spiro atoms. The predicted octanol–water partition coefficient (Wildman–Crippen LogP) is 3.09. The van der Waals surface area contributed by atoms with Crippen LogP contribution in [0.15, 0.2) is 0 Å². The second kappa shape index (κ2) is 22.2. The second-order valence-electron chi connectivity index (χ2n) is 11.1. The summed E-state index contributed by atoms with van der Waals surface area (Å²) in [4.78, 5) is 24.8. The molecule has 0 radical (unpaired) electrons. The molecule has 1 aliphatic heterocycles. The van der Waals surface area contributed by atoms with Crippen LogP contribution in [0.5, 0.6) is 0 Å². The van der Waals surface area contributed by atoms with Gasteiger partial charge in [-0.25, -0.2) is 8.42 Å². The summed E-state index contributed by atoms with van der Waals surface area (Å²) in [5.74, 6) is -2.12. The van der Waals surface area contributed by atoms with Crippen LogP contribution in [-0.4, -0.2) is 96.0 Å². The third-order valence-corrected chi connectivity index (χ3v) is 7.92. The van der Waals surface area contributed by atoms with Gasteiger partial charge in [-0.15, -0.1) is 0 Å². The Labute approximate surface area is 251 Å². The van der Waals surface area contributed by atoms with Crippen LogP contribution in [0.25, 0.3) is 0 Å². The highest BCUT2D eigenvalue weighted by Gasteiger charge is 2.45. The van der Waals surface area contributed by atoms with Gasteiger partial charge in [0.25, 0.3) is 0 Å². The largest absolute Gasteiger partial charge is 0.748 e. The van der Waals surface area contributed by atoms with Gasteiger partial charge in [0.2, 0.25) is 0 Å². The first-order valence-electron chi connectivity index (χ1n) is 15.6. The molecule has 0 aromatic heterocycles. The molecular weight excluding hydrogens is 572 g/mol. The van der Waals surface area contributed by atoms with Crippen molar-refractivity contribution < 1.29 is 56.8 Å². The molecule has 12 nitrogen and oxygen atoms in total. The van der Waals surface area contributed by atoms with E-state index in [4.69, 9.17) is 18.9 Å². The summed E-state index contributed by atoms with van der Waals surface area (Å²) in [5.41, 5.74) is 0. The van der Waals surface area contributed by atoms with Crippen molar-refractivity contribution >= 4 is 22.1 Å². The fourth-order valence-corrected chi connectivity index (χ4v) is 5.35. The maximum absolute atomic E-state index is 12.5. The molecule has 1 saturated heterocycles. The minimum Gasteiger partial charge on any atom is -0.748 e. The van der Waals surface area contributed by atoms with Crippen molar-refractivity contribution in [3.05, 3.63) is 0 Å². The van der Waals surface area contributed by atoms with Crippen LogP contribution in [0.4, 0.5) is 0 Å². The van der Waals surface area contributed by atoms with E-state index in [0.717, 1.165) is 57.8 Å². The van der Waals surface area contributed by atoms with Gasteiger partial charge in [-0.1, -0.05) is 90.9 Å². The third-order valence-electron chi connectivity index (χ3n) is 7.18. The van der Waals surface area contributed by atoms with Crippen LogP contribution in [0.3, 0.4) is 0 Å². The molecule has 0 bridgehead atoms. The first kappa shape index (κ1) is 38.7. The van der Waals surface area contributed by atoms with Gasteiger partial charge in [-0.3, -0.25) is 9.59 Å². The van der Waals surface area contributed by atoms with E-state index in [0.29, 0.717) is 12.8 Å². The van der Waals surface area contributed by atoms with E-state index in [2.05, 4.69) is 13.8 Å². The van der Waals surface area contributed by atoms with E-state index < -0.39 is 71.2 Å². The summed E-state index contributed by atoms with van der Waals surface area (Å²) in [7, 11) is -4.83. The Hall–Kier alpha value is -1.35. The Morgan fingerprint density at radius 3 is 1.76 bits per heavy atom. The Bertz CT molecular complexity index is 836. The molecule has 0 amide bonds. The van der Waals surface area contributed by atoms with E-state index in [1.54, 1.807) is 0 Å². The van der Waals surface area contributed by atoms with Crippen LogP contribution in [0, 0.1) is 0 Å². The molecule has 248 valence electrons. The van der Waals surface area contributed by atoms with Crippen molar-refractivity contribution in [3.63, 3.8) is 0 Å². The number of carbonyl (C=O) groups is 2. The van der Waals surface area contributed by atoms with Crippen LogP contribution >= 0.6 is 0 Å². The van der Waals surface area contributed by atoms with Crippen LogP contribution in [0.1, 0.15) is 117 Å². The predicted molar refractivity (Wildman–Crippen MR) is 153 cm³/mol. The average molecular weight is 626 g/mol. The highest BCUT2D eigenvalue weighted by molar-refractivity contribution is 7.85. The van der Waals surface area contributed by atoms with Gasteiger partial charge in [0, 0.05) is 12.8 Å². The lowest BCUT2D eigenvalue weighted by Crippen LogP contribution is -2.60. The molecule has 1 heterocycles. The normalized spacial score (nSPS) is 23.4.